The first-order valence-electron chi connectivity index (χ1n) is 8.27. The zero-order valence-corrected chi connectivity index (χ0v) is 15.5. The molecule has 11 heteroatoms. The summed E-state index contributed by atoms with van der Waals surface area (Å²) in [6.45, 7) is 2.18. The Labute approximate surface area is 163 Å². The van der Waals surface area contributed by atoms with Crippen LogP contribution < -0.4 is 5.32 Å². The minimum absolute atomic E-state index is 0.143. The van der Waals surface area contributed by atoms with Crippen molar-refractivity contribution < 1.29 is 14.1 Å². The molecular weight excluding hydrogens is 391 g/mol. The summed E-state index contributed by atoms with van der Waals surface area (Å²) in [5.74, 6) is -1.01. The van der Waals surface area contributed by atoms with Crippen molar-refractivity contribution >= 4 is 29.0 Å². The smallest absolute Gasteiger partial charge is 0.306 e. The number of carbonyl (C=O) groups excluding carboxylic acids is 1. The van der Waals surface area contributed by atoms with Gasteiger partial charge in [-0.05, 0) is 17.7 Å². The molecule has 3 rings (SSSR count). The highest BCUT2D eigenvalue weighted by atomic mass is 35.5. The van der Waals surface area contributed by atoms with Gasteiger partial charge in [0.05, 0.1) is 23.9 Å². The maximum Gasteiger partial charge on any atom is 0.306 e. The highest BCUT2D eigenvalue weighted by Gasteiger charge is 2.19. The fourth-order valence-corrected chi connectivity index (χ4v) is 2.69. The van der Waals surface area contributed by atoms with Crippen LogP contribution in [-0.4, -0.2) is 30.4 Å². The molecule has 3 aromatic rings. The van der Waals surface area contributed by atoms with Gasteiger partial charge in [0.2, 0.25) is 5.91 Å². The summed E-state index contributed by atoms with van der Waals surface area (Å²) in [4.78, 5) is 22.5. The Balaban J connectivity index is 1.62. The molecule has 1 amide bonds. The third-order valence-corrected chi connectivity index (χ3v) is 4.23. The second-order valence-electron chi connectivity index (χ2n) is 6.22. The summed E-state index contributed by atoms with van der Waals surface area (Å²) in [5, 5.41) is 21.7. The summed E-state index contributed by atoms with van der Waals surface area (Å²) in [7, 11) is 0. The molecule has 1 unspecified atom stereocenters. The van der Waals surface area contributed by atoms with Gasteiger partial charge in [0.15, 0.2) is 5.82 Å². The zero-order valence-electron chi connectivity index (χ0n) is 14.7. The van der Waals surface area contributed by atoms with E-state index in [1.807, 2.05) is 0 Å². The molecule has 2 heterocycles. The van der Waals surface area contributed by atoms with Crippen molar-refractivity contribution in [2.45, 2.75) is 20.0 Å². The average molecular weight is 407 g/mol. The van der Waals surface area contributed by atoms with E-state index < -0.39 is 10.8 Å². The van der Waals surface area contributed by atoms with Crippen LogP contribution in [0.5, 0.6) is 0 Å². The first-order valence-corrected chi connectivity index (χ1v) is 8.64. The lowest BCUT2D eigenvalue weighted by atomic mass is 10.1. The third kappa shape index (κ3) is 4.71. The fraction of sp³-hybridized carbons (Fsp3) is 0.235. The average Bonchev–Trinajstić information content (AvgIpc) is 3.24. The molecule has 0 fully saturated rings. The SMILES string of the molecule is CC(Cn1cc([N+](=O)[O-])cn1)C(=O)Nc1nn(Cc2ccc(F)cc2)cc1Cl. The van der Waals surface area contributed by atoms with Crippen LogP contribution in [0, 0.1) is 21.8 Å². The minimum Gasteiger partial charge on any atom is -0.308 e. The van der Waals surface area contributed by atoms with Gasteiger partial charge in [-0.15, -0.1) is 0 Å². The molecule has 0 aliphatic carbocycles. The number of nitrogens with zero attached hydrogens (tertiary/aromatic N) is 5. The number of nitrogens with one attached hydrogen (secondary N) is 1. The van der Waals surface area contributed by atoms with E-state index in [0.717, 1.165) is 11.8 Å². The maximum absolute atomic E-state index is 13.0. The molecule has 0 saturated heterocycles. The molecule has 9 nitrogen and oxygen atoms in total. The van der Waals surface area contributed by atoms with Crippen LogP contribution in [-0.2, 0) is 17.9 Å². The standard InChI is InChI=1S/C17H16ClFN6O3/c1-11(7-23-9-14(6-20-23)25(27)28)17(26)21-16-15(18)10-24(22-16)8-12-2-4-13(19)5-3-12/h2-6,9-11H,7-8H2,1H3,(H,21,22,26). The number of hydrogen-bond acceptors (Lipinski definition) is 5. The molecule has 0 bridgehead atoms. The Morgan fingerprint density at radius 1 is 1.32 bits per heavy atom. The van der Waals surface area contributed by atoms with E-state index in [-0.39, 0.29) is 34.8 Å². The minimum atomic E-state index is -0.554. The first kappa shape index (κ1) is 19.5. The molecule has 2 aromatic heterocycles. The number of nitro groups is 1. The number of hydrogen-bond donors (Lipinski definition) is 1. The number of aromatic nitrogens is 4. The van der Waals surface area contributed by atoms with Crippen LogP contribution in [0.3, 0.4) is 0 Å². The maximum atomic E-state index is 13.0. The first-order chi connectivity index (χ1) is 13.3. The quantitative estimate of drug-likeness (QED) is 0.479. The van der Waals surface area contributed by atoms with Crippen LogP contribution in [0.25, 0.3) is 0 Å². The van der Waals surface area contributed by atoms with Crippen LogP contribution in [0.4, 0.5) is 15.9 Å². The Morgan fingerprint density at radius 3 is 2.68 bits per heavy atom. The van der Waals surface area contributed by atoms with E-state index in [1.165, 1.54) is 27.7 Å². The lowest BCUT2D eigenvalue weighted by Crippen LogP contribution is -2.25. The normalized spacial score (nSPS) is 12.0. The summed E-state index contributed by atoms with van der Waals surface area (Å²) in [5.41, 5.74) is 0.683. The van der Waals surface area contributed by atoms with Crippen LogP contribution >= 0.6 is 11.6 Å². The summed E-state index contributed by atoms with van der Waals surface area (Å²) >= 11 is 6.13. The Kier molecular flexibility index (Phi) is 5.69. The monoisotopic (exact) mass is 406 g/mol. The zero-order chi connectivity index (χ0) is 20.3. The lowest BCUT2D eigenvalue weighted by Gasteiger charge is -2.10. The van der Waals surface area contributed by atoms with E-state index in [9.17, 15) is 19.3 Å². The van der Waals surface area contributed by atoms with Gasteiger partial charge >= 0.3 is 5.69 Å². The summed E-state index contributed by atoms with van der Waals surface area (Å²) in [6.07, 6.45) is 3.94. The van der Waals surface area contributed by atoms with E-state index in [2.05, 4.69) is 15.5 Å². The van der Waals surface area contributed by atoms with Gasteiger partial charge in [-0.1, -0.05) is 30.7 Å². The molecule has 0 aliphatic rings. The van der Waals surface area contributed by atoms with Gasteiger partial charge in [-0.25, -0.2) is 4.39 Å². The van der Waals surface area contributed by atoms with E-state index >= 15 is 0 Å². The van der Waals surface area contributed by atoms with Crippen LogP contribution in [0.1, 0.15) is 12.5 Å². The molecule has 1 atom stereocenters. The number of rotatable bonds is 7. The van der Waals surface area contributed by atoms with Gasteiger partial charge in [0.25, 0.3) is 0 Å². The number of amides is 1. The van der Waals surface area contributed by atoms with Crippen LogP contribution in [0.15, 0.2) is 42.9 Å². The molecule has 1 N–H and O–H groups in total. The summed E-state index contributed by atoms with van der Waals surface area (Å²) < 4.78 is 15.8. The van der Waals surface area contributed by atoms with Crippen LogP contribution in [0.2, 0.25) is 5.02 Å². The van der Waals surface area contributed by atoms with E-state index in [4.69, 9.17) is 11.6 Å². The highest BCUT2D eigenvalue weighted by molar-refractivity contribution is 6.33. The molecular formula is C17H16ClFN6O3. The second-order valence-corrected chi connectivity index (χ2v) is 6.62. The molecule has 146 valence electrons. The molecule has 1 aromatic carbocycles. The predicted molar refractivity (Wildman–Crippen MR) is 99.4 cm³/mol. The van der Waals surface area contributed by atoms with E-state index in [0.29, 0.717) is 6.54 Å². The molecule has 0 spiro atoms. The lowest BCUT2D eigenvalue weighted by molar-refractivity contribution is -0.385. The number of anilines is 1. The van der Waals surface area contributed by atoms with Gasteiger partial charge < -0.3 is 5.32 Å². The van der Waals surface area contributed by atoms with E-state index in [1.54, 1.807) is 25.3 Å². The van der Waals surface area contributed by atoms with Crippen molar-refractivity contribution in [3.63, 3.8) is 0 Å². The fourth-order valence-electron chi connectivity index (χ4n) is 2.49. The molecule has 28 heavy (non-hydrogen) atoms. The predicted octanol–water partition coefficient (Wildman–Crippen LogP) is 3.10. The van der Waals surface area contributed by atoms with Crippen molar-refractivity contribution in [3.8, 4) is 0 Å². The highest BCUT2D eigenvalue weighted by Crippen LogP contribution is 2.21. The largest absolute Gasteiger partial charge is 0.308 e. The van der Waals surface area contributed by atoms with Crippen molar-refractivity contribution in [2.24, 2.45) is 5.92 Å². The van der Waals surface area contributed by atoms with Crippen molar-refractivity contribution in [2.75, 3.05) is 5.32 Å². The number of carbonyl (C=O) groups is 1. The summed E-state index contributed by atoms with van der Waals surface area (Å²) in [6, 6.07) is 5.97. The molecule has 0 saturated carbocycles. The van der Waals surface area contributed by atoms with Gasteiger partial charge in [0.1, 0.15) is 23.2 Å². The third-order valence-electron chi connectivity index (χ3n) is 3.96. The van der Waals surface area contributed by atoms with Crippen molar-refractivity contribution in [3.05, 3.63) is 69.4 Å². The molecule has 0 aliphatic heterocycles. The van der Waals surface area contributed by atoms with Gasteiger partial charge in [-0.3, -0.25) is 24.3 Å². The Bertz CT molecular complexity index is 1000. The van der Waals surface area contributed by atoms with Gasteiger partial charge in [-0.2, -0.15) is 10.2 Å². The van der Waals surface area contributed by atoms with Gasteiger partial charge in [0, 0.05) is 6.20 Å². The molecule has 0 radical (unpaired) electrons. The second kappa shape index (κ2) is 8.17. The van der Waals surface area contributed by atoms with Crippen molar-refractivity contribution in [1.82, 2.24) is 19.6 Å². The number of halogens is 2. The van der Waals surface area contributed by atoms with Crippen molar-refractivity contribution in [1.29, 1.82) is 0 Å². The Morgan fingerprint density at radius 2 is 2.04 bits per heavy atom. The Hall–Kier alpha value is -3.27. The number of benzene rings is 1. The topological polar surface area (TPSA) is 108 Å².